The van der Waals surface area contributed by atoms with E-state index in [9.17, 15) is 13.2 Å². The first-order valence-electron chi connectivity index (χ1n) is 11.0. The highest BCUT2D eigenvalue weighted by molar-refractivity contribution is 7.89. The Bertz CT molecular complexity index is 1470. The molecule has 0 atom stereocenters. The molecule has 0 aliphatic carbocycles. The van der Waals surface area contributed by atoms with Gasteiger partial charge in [-0.2, -0.15) is 0 Å². The molecule has 3 N–H and O–H groups in total. The third kappa shape index (κ3) is 5.19. The molecule has 0 unspecified atom stereocenters. The summed E-state index contributed by atoms with van der Waals surface area (Å²) in [6, 6.07) is 10.9. The highest BCUT2D eigenvalue weighted by Gasteiger charge is 2.16. The smallest absolute Gasteiger partial charge is 0.238 e. The van der Waals surface area contributed by atoms with Gasteiger partial charge >= 0.3 is 0 Å². The van der Waals surface area contributed by atoms with Crippen molar-refractivity contribution in [3.05, 3.63) is 58.7 Å². The van der Waals surface area contributed by atoms with E-state index in [2.05, 4.69) is 35.2 Å². The van der Waals surface area contributed by atoms with Crippen LogP contribution >= 0.6 is 11.3 Å². The fourth-order valence-electron chi connectivity index (χ4n) is 3.96. The van der Waals surface area contributed by atoms with Gasteiger partial charge in [0.1, 0.15) is 5.82 Å². The monoisotopic (exact) mass is 497 g/mol. The van der Waals surface area contributed by atoms with Crippen LogP contribution < -0.4 is 10.5 Å². The van der Waals surface area contributed by atoms with Gasteiger partial charge in [0.15, 0.2) is 5.13 Å². The molecular formula is C24H27N5O3S2. The first-order valence-corrected chi connectivity index (χ1v) is 13.4. The molecule has 0 aliphatic rings. The van der Waals surface area contributed by atoms with E-state index in [4.69, 9.17) is 5.14 Å². The second kappa shape index (κ2) is 9.65. The lowest BCUT2D eigenvalue weighted by Crippen LogP contribution is -2.14. The molecule has 4 aromatic rings. The van der Waals surface area contributed by atoms with Crippen molar-refractivity contribution in [2.75, 3.05) is 5.32 Å². The van der Waals surface area contributed by atoms with Crippen LogP contribution in [-0.4, -0.2) is 28.9 Å². The van der Waals surface area contributed by atoms with Gasteiger partial charge in [0.25, 0.3) is 0 Å². The predicted molar refractivity (Wildman–Crippen MR) is 135 cm³/mol. The zero-order valence-electron chi connectivity index (χ0n) is 19.3. The Morgan fingerprint density at radius 1 is 1.15 bits per heavy atom. The maximum atomic E-state index is 12.6. The maximum Gasteiger partial charge on any atom is 0.238 e. The molecule has 0 saturated heterocycles. The molecule has 10 heteroatoms. The number of nitrogens with zero attached hydrogens (tertiary/aromatic N) is 3. The van der Waals surface area contributed by atoms with Crippen LogP contribution in [0.5, 0.6) is 0 Å². The van der Waals surface area contributed by atoms with Gasteiger partial charge in [-0.05, 0) is 44.0 Å². The van der Waals surface area contributed by atoms with Crippen molar-refractivity contribution < 1.29 is 13.2 Å². The zero-order valence-corrected chi connectivity index (χ0v) is 21.0. The second-order valence-electron chi connectivity index (χ2n) is 8.28. The van der Waals surface area contributed by atoms with Crippen molar-refractivity contribution in [2.45, 2.75) is 51.5 Å². The van der Waals surface area contributed by atoms with Crippen molar-refractivity contribution in [3.63, 3.8) is 0 Å². The van der Waals surface area contributed by atoms with Crippen LogP contribution in [0.15, 0.2) is 46.7 Å². The average Bonchev–Trinajstić information content (AvgIpc) is 3.36. The Labute approximate surface area is 202 Å². The fraction of sp³-hybridized carbons (Fsp3) is 0.292. The van der Waals surface area contributed by atoms with E-state index in [0.717, 1.165) is 34.6 Å². The van der Waals surface area contributed by atoms with Gasteiger partial charge in [0.2, 0.25) is 15.9 Å². The number of amides is 1. The largest absolute Gasteiger partial charge is 0.328 e. The Hall–Kier alpha value is -3.08. The number of nitrogens with one attached hydrogen (secondary N) is 1. The summed E-state index contributed by atoms with van der Waals surface area (Å²) in [4.78, 5) is 21.8. The van der Waals surface area contributed by atoms with Crippen LogP contribution in [0.25, 0.3) is 22.3 Å². The summed E-state index contributed by atoms with van der Waals surface area (Å²) in [7, 11) is -3.81. The maximum absolute atomic E-state index is 12.6. The first kappa shape index (κ1) is 24.1. The van der Waals surface area contributed by atoms with Crippen molar-refractivity contribution in [1.82, 2.24) is 14.5 Å². The molecule has 0 aliphatic heterocycles. The zero-order chi connectivity index (χ0) is 24.5. The molecule has 0 bridgehead atoms. The van der Waals surface area contributed by atoms with Gasteiger partial charge in [-0.15, -0.1) is 11.3 Å². The Balaban J connectivity index is 1.48. The summed E-state index contributed by atoms with van der Waals surface area (Å²) >= 11 is 1.39. The van der Waals surface area contributed by atoms with Crippen LogP contribution in [0.1, 0.15) is 36.7 Å². The van der Waals surface area contributed by atoms with Crippen LogP contribution in [0.4, 0.5) is 5.13 Å². The topological polar surface area (TPSA) is 120 Å². The van der Waals surface area contributed by atoms with Crippen LogP contribution in [0.2, 0.25) is 0 Å². The highest BCUT2D eigenvalue weighted by atomic mass is 32.2. The van der Waals surface area contributed by atoms with Crippen LogP contribution in [-0.2, 0) is 27.8 Å². The van der Waals surface area contributed by atoms with Gasteiger partial charge in [0, 0.05) is 30.3 Å². The molecule has 0 radical (unpaired) electrons. The number of rotatable bonds is 8. The third-order valence-electron chi connectivity index (χ3n) is 5.56. The number of carbonyl (C=O) groups excluding carboxylic acids is 1. The molecule has 4 rings (SSSR count). The number of carbonyl (C=O) groups is 1. The van der Waals surface area contributed by atoms with Crippen molar-refractivity contribution in [3.8, 4) is 11.3 Å². The highest BCUT2D eigenvalue weighted by Crippen LogP contribution is 2.28. The standard InChI is InChI=1S/C24H27N5O3S2/c1-4-11-29-21-8-6-17(34(25,31)32)13-19(21)26-22(29)9-10-23(30)28-24-27-20(14-33-24)18-7-5-15(2)12-16(18)3/h5-8,12-14H,4,9-11H2,1-3H3,(H2,25,31,32)(H,27,28,30). The molecule has 34 heavy (non-hydrogen) atoms. The first-order chi connectivity index (χ1) is 16.2. The Morgan fingerprint density at radius 3 is 2.65 bits per heavy atom. The van der Waals surface area contributed by atoms with E-state index in [1.807, 2.05) is 29.0 Å². The number of hydrogen-bond acceptors (Lipinski definition) is 6. The molecule has 1 amide bonds. The van der Waals surface area contributed by atoms with Crippen molar-refractivity contribution in [2.24, 2.45) is 5.14 Å². The summed E-state index contributed by atoms with van der Waals surface area (Å²) in [6.45, 7) is 6.87. The van der Waals surface area contributed by atoms with Crippen LogP contribution in [0.3, 0.4) is 0 Å². The molecule has 2 heterocycles. The fourth-order valence-corrected chi connectivity index (χ4v) is 5.22. The molecule has 0 fully saturated rings. The quantitative estimate of drug-likeness (QED) is 0.374. The lowest BCUT2D eigenvalue weighted by Gasteiger charge is -2.08. The third-order valence-corrected chi connectivity index (χ3v) is 7.23. The minimum Gasteiger partial charge on any atom is -0.328 e. The lowest BCUT2D eigenvalue weighted by molar-refractivity contribution is -0.116. The number of fused-ring (bicyclic) bond motifs is 1. The van der Waals surface area contributed by atoms with E-state index in [1.165, 1.54) is 29.0 Å². The molecule has 2 aromatic carbocycles. The van der Waals surface area contributed by atoms with Crippen molar-refractivity contribution >= 4 is 43.4 Å². The number of imidazole rings is 1. The van der Waals surface area contributed by atoms with E-state index < -0.39 is 10.0 Å². The molecule has 8 nitrogen and oxygen atoms in total. The average molecular weight is 498 g/mol. The second-order valence-corrected chi connectivity index (χ2v) is 10.7. The lowest BCUT2D eigenvalue weighted by atomic mass is 10.0. The summed E-state index contributed by atoms with van der Waals surface area (Å²) in [5.41, 5.74) is 5.60. The Kier molecular flexibility index (Phi) is 6.83. The minimum absolute atomic E-state index is 0.0221. The molecular weight excluding hydrogens is 470 g/mol. The summed E-state index contributed by atoms with van der Waals surface area (Å²) < 4.78 is 25.4. The van der Waals surface area contributed by atoms with Gasteiger partial charge in [-0.3, -0.25) is 4.79 Å². The van der Waals surface area contributed by atoms with Gasteiger partial charge in [0.05, 0.1) is 21.6 Å². The van der Waals surface area contributed by atoms with Gasteiger partial charge in [-0.25, -0.2) is 23.5 Å². The van der Waals surface area contributed by atoms with Crippen molar-refractivity contribution in [1.29, 1.82) is 0 Å². The predicted octanol–water partition coefficient (Wildman–Crippen LogP) is 4.41. The summed E-state index contributed by atoms with van der Waals surface area (Å²) in [5.74, 6) is 0.579. The minimum atomic E-state index is -3.81. The van der Waals surface area contributed by atoms with Gasteiger partial charge in [-0.1, -0.05) is 30.7 Å². The number of nitrogens with two attached hydrogens (primary N) is 1. The van der Waals surface area contributed by atoms with E-state index in [1.54, 1.807) is 6.07 Å². The SMILES string of the molecule is CCCn1c(CCC(=O)Nc2nc(-c3ccc(C)cc3C)cs2)nc2cc(S(N)(=O)=O)ccc21. The molecule has 178 valence electrons. The number of anilines is 1. The number of sulfonamides is 1. The number of hydrogen-bond donors (Lipinski definition) is 2. The number of aryl methyl sites for hydroxylation is 4. The van der Waals surface area contributed by atoms with Crippen LogP contribution in [0, 0.1) is 13.8 Å². The number of benzene rings is 2. The molecule has 0 spiro atoms. The van der Waals surface area contributed by atoms with Gasteiger partial charge < -0.3 is 9.88 Å². The summed E-state index contributed by atoms with van der Waals surface area (Å²) in [5, 5.41) is 10.6. The number of primary sulfonamides is 1. The normalized spacial score (nSPS) is 11.8. The van der Waals surface area contributed by atoms with E-state index in [-0.39, 0.29) is 17.2 Å². The molecule has 2 aromatic heterocycles. The number of aromatic nitrogens is 3. The Morgan fingerprint density at radius 2 is 1.94 bits per heavy atom. The number of thiazole rings is 1. The van der Waals surface area contributed by atoms with E-state index >= 15 is 0 Å². The summed E-state index contributed by atoms with van der Waals surface area (Å²) in [6.07, 6.45) is 1.52. The molecule has 0 saturated carbocycles. The van der Waals surface area contributed by atoms with E-state index in [0.29, 0.717) is 23.6 Å².